The maximum Gasteiger partial charge on any atom is 0.179 e. The van der Waals surface area contributed by atoms with Crippen molar-refractivity contribution in [2.45, 2.75) is 11.8 Å². The molecule has 2 N–H and O–H groups in total. The van der Waals surface area contributed by atoms with E-state index < -0.39 is 9.84 Å². The van der Waals surface area contributed by atoms with Gasteiger partial charge in [0.1, 0.15) is 0 Å². The molecule has 1 aromatic rings. The molecule has 0 fully saturated rings. The predicted molar refractivity (Wildman–Crippen MR) is 52.9 cm³/mol. The highest BCUT2D eigenvalue weighted by Crippen LogP contribution is 2.22. The fraction of sp³-hybridized carbons (Fsp3) is 0.375. The molecule has 0 bridgehead atoms. The van der Waals surface area contributed by atoms with Crippen LogP contribution in [0.15, 0.2) is 17.2 Å². The van der Waals surface area contributed by atoms with Gasteiger partial charge in [-0.2, -0.15) is 0 Å². The first-order valence-electron chi connectivity index (χ1n) is 4.03. The van der Waals surface area contributed by atoms with Crippen LogP contribution in [0.2, 0.25) is 0 Å². The molecule has 0 saturated heterocycles. The fourth-order valence-electron chi connectivity index (χ4n) is 0.937. The quantitative estimate of drug-likeness (QED) is 0.794. The van der Waals surface area contributed by atoms with Crippen LogP contribution >= 0.6 is 0 Å². The van der Waals surface area contributed by atoms with Gasteiger partial charge in [0.15, 0.2) is 21.4 Å². The third kappa shape index (κ3) is 1.95. The van der Waals surface area contributed by atoms with Crippen molar-refractivity contribution < 1.29 is 13.2 Å². The van der Waals surface area contributed by atoms with E-state index in [1.165, 1.54) is 19.4 Å². The topological polar surface area (TPSA) is 82.3 Å². The van der Waals surface area contributed by atoms with Crippen molar-refractivity contribution >= 4 is 15.7 Å². The molecular weight excluding hydrogens is 204 g/mol. The number of sulfone groups is 1. The summed E-state index contributed by atoms with van der Waals surface area (Å²) in [5.74, 6) is 0.490. The lowest BCUT2D eigenvalue weighted by Crippen LogP contribution is -2.06. The van der Waals surface area contributed by atoms with Crippen molar-refractivity contribution in [3.8, 4) is 5.75 Å². The van der Waals surface area contributed by atoms with E-state index in [1.54, 1.807) is 6.92 Å². The Kier molecular flexibility index (Phi) is 2.95. The first-order valence-corrected chi connectivity index (χ1v) is 5.68. The Morgan fingerprint density at radius 3 is 2.71 bits per heavy atom. The zero-order valence-electron chi connectivity index (χ0n) is 8.02. The van der Waals surface area contributed by atoms with Crippen LogP contribution in [-0.4, -0.2) is 26.3 Å². The standard InChI is InChI=1S/C8H12N2O3S/c1-3-14(11,12)6-4-7(13-2)8(9)10-5-6/h4-5H,3H2,1-2H3,(H2,9,10). The van der Waals surface area contributed by atoms with Gasteiger partial charge < -0.3 is 10.5 Å². The number of aromatic nitrogens is 1. The molecule has 0 unspecified atom stereocenters. The lowest BCUT2D eigenvalue weighted by Gasteiger charge is -2.05. The zero-order chi connectivity index (χ0) is 10.8. The van der Waals surface area contributed by atoms with Crippen LogP contribution in [0.3, 0.4) is 0 Å². The van der Waals surface area contributed by atoms with E-state index in [0.29, 0.717) is 0 Å². The van der Waals surface area contributed by atoms with Crippen LogP contribution in [0.5, 0.6) is 5.75 Å². The lowest BCUT2D eigenvalue weighted by atomic mass is 10.4. The van der Waals surface area contributed by atoms with Crippen LogP contribution in [0.1, 0.15) is 6.92 Å². The van der Waals surface area contributed by atoms with Gasteiger partial charge in [-0.3, -0.25) is 0 Å². The minimum atomic E-state index is -3.25. The normalized spacial score (nSPS) is 11.3. The Labute approximate surface area is 82.8 Å². The van der Waals surface area contributed by atoms with Crippen LogP contribution < -0.4 is 10.5 Å². The largest absolute Gasteiger partial charge is 0.493 e. The van der Waals surface area contributed by atoms with Crippen LogP contribution in [-0.2, 0) is 9.84 Å². The SMILES string of the molecule is CCS(=O)(=O)c1cnc(N)c(OC)c1. The maximum absolute atomic E-state index is 11.4. The number of nitrogen functional groups attached to an aromatic ring is 1. The van der Waals surface area contributed by atoms with Gasteiger partial charge in [0, 0.05) is 12.3 Å². The molecule has 0 atom stereocenters. The van der Waals surface area contributed by atoms with E-state index in [-0.39, 0.29) is 22.2 Å². The number of rotatable bonds is 3. The lowest BCUT2D eigenvalue weighted by molar-refractivity contribution is 0.414. The Morgan fingerprint density at radius 2 is 2.21 bits per heavy atom. The van der Waals surface area contributed by atoms with Crippen molar-refractivity contribution in [1.29, 1.82) is 0 Å². The van der Waals surface area contributed by atoms with Crippen molar-refractivity contribution in [1.82, 2.24) is 4.98 Å². The summed E-state index contributed by atoms with van der Waals surface area (Å²) in [6, 6.07) is 1.38. The van der Waals surface area contributed by atoms with Gasteiger partial charge in [-0.15, -0.1) is 0 Å². The Bertz CT molecular complexity index is 428. The minimum Gasteiger partial charge on any atom is -0.493 e. The molecule has 5 nitrogen and oxygen atoms in total. The third-order valence-corrected chi connectivity index (χ3v) is 3.52. The van der Waals surface area contributed by atoms with Crippen molar-refractivity contribution in [2.75, 3.05) is 18.6 Å². The Hall–Kier alpha value is -1.30. The molecule has 0 aliphatic heterocycles. The average molecular weight is 216 g/mol. The van der Waals surface area contributed by atoms with Gasteiger partial charge in [-0.1, -0.05) is 6.92 Å². The van der Waals surface area contributed by atoms with Crippen LogP contribution in [0, 0.1) is 0 Å². The highest BCUT2D eigenvalue weighted by atomic mass is 32.2. The molecule has 0 spiro atoms. The highest BCUT2D eigenvalue weighted by Gasteiger charge is 2.14. The molecule has 0 aliphatic carbocycles. The molecule has 0 saturated carbocycles. The molecule has 0 aromatic carbocycles. The summed E-state index contributed by atoms with van der Waals surface area (Å²) in [6.45, 7) is 1.57. The molecule has 14 heavy (non-hydrogen) atoms. The first-order chi connectivity index (χ1) is 6.51. The maximum atomic E-state index is 11.4. The van der Waals surface area contributed by atoms with Crippen LogP contribution in [0.25, 0.3) is 0 Å². The Balaban J connectivity index is 3.26. The molecule has 1 rings (SSSR count). The molecule has 0 radical (unpaired) electrons. The molecule has 0 amide bonds. The summed E-state index contributed by atoms with van der Waals surface area (Å²) in [5.41, 5.74) is 5.45. The first kappa shape index (κ1) is 10.8. The van der Waals surface area contributed by atoms with Gasteiger partial charge in [0.05, 0.1) is 17.8 Å². The number of ether oxygens (including phenoxy) is 1. The number of nitrogens with zero attached hydrogens (tertiary/aromatic N) is 1. The van der Waals surface area contributed by atoms with Crippen LogP contribution in [0.4, 0.5) is 5.82 Å². The average Bonchev–Trinajstić information content (AvgIpc) is 2.18. The van der Waals surface area contributed by atoms with Gasteiger partial charge in [-0.05, 0) is 0 Å². The second-order valence-corrected chi connectivity index (χ2v) is 4.94. The zero-order valence-corrected chi connectivity index (χ0v) is 8.84. The van der Waals surface area contributed by atoms with E-state index in [4.69, 9.17) is 10.5 Å². The smallest absolute Gasteiger partial charge is 0.179 e. The summed E-state index contributed by atoms with van der Waals surface area (Å²) in [4.78, 5) is 3.87. The van der Waals surface area contributed by atoms with Crippen molar-refractivity contribution in [3.63, 3.8) is 0 Å². The van der Waals surface area contributed by atoms with E-state index in [0.717, 1.165) is 0 Å². The van der Waals surface area contributed by atoms with E-state index in [9.17, 15) is 8.42 Å². The monoisotopic (exact) mass is 216 g/mol. The van der Waals surface area contributed by atoms with Crippen molar-refractivity contribution in [2.24, 2.45) is 0 Å². The summed E-state index contributed by atoms with van der Waals surface area (Å²) < 4.78 is 27.8. The molecule has 0 aliphatic rings. The van der Waals surface area contributed by atoms with E-state index >= 15 is 0 Å². The van der Waals surface area contributed by atoms with Gasteiger partial charge in [0.25, 0.3) is 0 Å². The number of hydrogen-bond acceptors (Lipinski definition) is 5. The number of methoxy groups -OCH3 is 1. The number of anilines is 1. The summed E-state index contributed by atoms with van der Waals surface area (Å²) >= 11 is 0. The number of hydrogen-bond donors (Lipinski definition) is 1. The predicted octanol–water partition coefficient (Wildman–Crippen LogP) is 0.466. The fourth-order valence-corrected chi connectivity index (χ4v) is 1.77. The Morgan fingerprint density at radius 1 is 1.57 bits per heavy atom. The molecule has 78 valence electrons. The van der Waals surface area contributed by atoms with E-state index in [2.05, 4.69) is 4.98 Å². The highest BCUT2D eigenvalue weighted by molar-refractivity contribution is 7.91. The molecular formula is C8H12N2O3S. The van der Waals surface area contributed by atoms with Crippen molar-refractivity contribution in [3.05, 3.63) is 12.3 Å². The third-order valence-electron chi connectivity index (χ3n) is 1.82. The molecule has 6 heteroatoms. The summed E-state index contributed by atoms with van der Waals surface area (Å²) in [6.07, 6.45) is 1.23. The summed E-state index contributed by atoms with van der Waals surface area (Å²) in [5, 5.41) is 0. The van der Waals surface area contributed by atoms with Gasteiger partial charge in [0.2, 0.25) is 0 Å². The van der Waals surface area contributed by atoms with Gasteiger partial charge in [-0.25, -0.2) is 13.4 Å². The molecule has 1 aromatic heterocycles. The molecule has 1 heterocycles. The number of pyridine rings is 1. The minimum absolute atomic E-state index is 0.0295. The van der Waals surface area contributed by atoms with Gasteiger partial charge >= 0.3 is 0 Å². The second kappa shape index (κ2) is 3.83. The number of nitrogens with two attached hydrogens (primary N) is 1. The van der Waals surface area contributed by atoms with E-state index in [1.807, 2.05) is 0 Å². The second-order valence-electron chi connectivity index (χ2n) is 2.66. The summed E-state index contributed by atoms with van der Waals surface area (Å²) in [7, 11) is -1.83.